The lowest BCUT2D eigenvalue weighted by Gasteiger charge is -2.04. The summed E-state index contributed by atoms with van der Waals surface area (Å²) in [5.74, 6) is 0. The minimum atomic E-state index is -0.268. The van der Waals surface area contributed by atoms with Crippen molar-refractivity contribution in [1.29, 1.82) is 0 Å². The van der Waals surface area contributed by atoms with Crippen LogP contribution in [-0.2, 0) is 6.61 Å². The number of carbonyl (C=O) groups is 1. The molecule has 1 aromatic carbocycles. The molecule has 0 saturated heterocycles. The van der Waals surface area contributed by atoms with Gasteiger partial charge in [-0.15, -0.1) is 0 Å². The van der Waals surface area contributed by atoms with Crippen LogP contribution < -0.4 is 10.6 Å². The van der Waals surface area contributed by atoms with Crippen LogP contribution in [0.3, 0.4) is 0 Å². The van der Waals surface area contributed by atoms with Crippen LogP contribution in [0.25, 0.3) is 0 Å². The summed E-state index contributed by atoms with van der Waals surface area (Å²) in [6.07, 6.45) is 0. The van der Waals surface area contributed by atoms with Crippen LogP contribution in [0.5, 0.6) is 0 Å². The average Bonchev–Trinajstić information content (AvgIpc) is 2.18. The first-order valence-corrected chi connectivity index (χ1v) is 3.95. The molecule has 0 spiro atoms. The molecule has 0 radical (unpaired) electrons. The first kappa shape index (κ1) is 9.54. The molecule has 4 heteroatoms. The number of hydrogen-bond donors (Lipinski definition) is 3. The molecule has 0 aliphatic heterocycles. The summed E-state index contributed by atoms with van der Waals surface area (Å²) in [7, 11) is 1.55. The first-order valence-electron chi connectivity index (χ1n) is 3.95. The lowest BCUT2D eigenvalue weighted by molar-refractivity contribution is 0.254. The molecule has 2 amide bonds. The Morgan fingerprint density at radius 3 is 2.92 bits per heavy atom. The van der Waals surface area contributed by atoms with Crippen molar-refractivity contribution < 1.29 is 9.90 Å². The monoisotopic (exact) mass is 180 g/mol. The van der Waals surface area contributed by atoms with Crippen molar-refractivity contribution in [3.05, 3.63) is 29.8 Å². The van der Waals surface area contributed by atoms with Gasteiger partial charge >= 0.3 is 6.03 Å². The second kappa shape index (κ2) is 4.47. The third kappa shape index (κ3) is 2.76. The molecule has 0 fully saturated rings. The molecule has 0 atom stereocenters. The Bertz CT molecular complexity index is 299. The summed E-state index contributed by atoms with van der Waals surface area (Å²) in [6.45, 7) is -0.0245. The minimum absolute atomic E-state index is 0.0245. The van der Waals surface area contributed by atoms with E-state index in [1.165, 1.54) is 0 Å². The second-order valence-corrected chi connectivity index (χ2v) is 2.56. The quantitative estimate of drug-likeness (QED) is 0.634. The van der Waals surface area contributed by atoms with Gasteiger partial charge in [0.25, 0.3) is 0 Å². The molecule has 0 aliphatic carbocycles. The number of carbonyl (C=O) groups excluding carboxylic acids is 1. The standard InChI is InChI=1S/C9H12N2O2/c1-10-9(13)11-8-4-2-3-7(5-8)6-12/h2-5,12H,6H2,1H3,(H2,10,11,13). The summed E-state index contributed by atoms with van der Waals surface area (Å²) >= 11 is 0. The molecule has 3 N–H and O–H groups in total. The molecule has 1 rings (SSSR count). The molecule has 13 heavy (non-hydrogen) atoms. The van der Waals surface area contributed by atoms with Gasteiger partial charge in [0.2, 0.25) is 0 Å². The molecular formula is C9H12N2O2. The van der Waals surface area contributed by atoms with Crippen LogP contribution in [-0.4, -0.2) is 18.2 Å². The van der Waals surface area contributed by atoms with E-state index in [4.69, 9.17) is 5.11 Å². The molecule has 1 aromatic rings. The summed E-state index contributed by atoms with van der Waals surface area (Å²) in [4.78, 5) is 10.9. The van der Waals surface area contributed by atoms with E-state index in [1.807, 2.05) is 0 Å². The Balaban J connectivity index is 2.71. The van der Waals surface area contributed by atoms with Gasteiger partial charge in [0.15, 0.2) is 0 Å². The minimum Gasteiger partial charge on any atom is -0.392 e. The van der Waals surface area contributed by atoms with Crippen molar-refractivity contribution in [3.63, 3.8) is 0 Å². The normalized spacial score (nSPS) is 9.38. The molecule has 0 aliphatic rings. The van der Waals surface area contributed by atoms with Crippen LogP contribution >= 0.6 is 0 Å². The van der Waals surface area contributed by atoms with Gasteiger partial charge in [-0.2, -0.15) is 0 Å². The highest BCUT2D eigenvalue weighted by atomic mass is 16.3. The Labute approximate surface area is 76.6 Å². The van der Waals surface area contributed by atoms with Crippen molar-refractivity contribution in [2.75, 3.05) is 12.4 Å². The second-order valence-electron chi connectivity index (χ2n) is 2.56. The number of aliphatic hydroxyl groups is 1. The zero-order chi connectivity index (χ0) is 9.68. The number of benzene rings is 1. The van der Waals surface area contributed by atoms with Gasteiger partial charge in [-0.25, -0.2) is 4.79 Å². The maximum absolute atomic E-state index is 10.9. The Hall–Kier alpha value is -1.55. The Morgan fingerprint density at radius 1 is 1.54 bits per heavy atom. The highest BCUT2D eigenvalue weighted by Gasteiger charge is 1.98. The van der Waals surface area contributed by atoms with Gasteiger partial charge in [0.05, 0.1) is 6.61 Å². The van der Waals surface area contributed by atoms with Crippen molar-refractivity contribution in [2.45, 2.75) is 6.61 Å². The van der Waals surface area contributed by atoms with E-state index in [0.717, 1.165) is 5.56 Å². The van der Waals surface area contributed by atoms with Gasteiger partial charge in [-0.1, -0.05) is 12.1 Å². The maximum Gasteiger partial charge on any atom is 0.318 e. The molecule has 0 heterocycles. The van der Waals surface area contributed by atoms with E-state index in [0.29, 0.717) is 5.69 Å². The fourth-order valence-corrected chi connectivity index (χ4v) is 0.941. The number of aliphatic hydroxyl groups excluding tert-OH is 1. The smallest absolute Gasteiger partial charge is 0.318 e. The predicted molar refractivity (Wildman–Crippen MR) is 50.4 cm³/mol. The summed E-state index contributed by atoms with van der Waals surface area (Å²) < 4.78 is 0. The fraction of sp³-hybridized carbons (Fsp3) is 0.222. The number of amides is 2. The number of anilines is 1. The van der Waals surface area contributed by atoms with Gasteiger partial charge in [0, 0.05) is 12.7 Å². The maximum atomic E-state index is 10.9. The van der Waals surface area contributed by atoms with E-state index in [9.17, 15) is 4.79 Å². The van der Waals surface area contributed by atoms with Gasteiger partial charge in [-0.3, -0.25) is 0 Å². The Morgan fingerprint density at radius 2 is 2.31 bits per heavy atom. The van der Waals surface area contributed by atoms with Gasteiger partial charge in [0.1, 0.15) is 0 Å². The summed E-state index contributed by atoms with van der Waals surface area (Å²) in [5.41, 5.74) is 1.44. The van der Waals surface area contributed by atoms with Gasteiger partial charge in [-0.05, 0) is 17.7 Å². The van der Waals surface area contributed by atoms with E-state index in [-0.39, 0.29) is 12.6 Å². The highest BCUT2D eigenvalue weighted by molar-refractivity contribution is 5.88. The van der Waals surface area contributed by atoms with Crippen molar-refractivity contribution >= 4 is 11.7 Å². The molecule has 0 bridgehead atoms. The SMILES string of the molecule is CNC(=O)Nc1cccc(CO)c1. The van der Waals surface area contributed by atoms with E-state index < -0.39 is 0 Å². The molecule has 70 valence electrons. The van der Waals surface area contributed by atoms with Crippen LogP contribution in [0.1, 0.15) is 5.56 Å². The van der Waals surface area contributed by atoms with E-state index in [2.05, 4.69) is 10.6 Å². The lowest BCUT2D eigenvalue weighted by atomic mass is 10.2. The average molecular weight is 180 g/mol. The lowest BCUT2D eigenvalue weighted by Crippen LogP contribution is -2.24. The topological polar surface area (TPSA) is 61.4 Å². The third-order valence-corrected chi connectivity index (χ3v) is 1.59. The van der Waals surface area contributed by atoms with Crippen LogP contribution in [0.15, 0.2) is 24.3 Å². The molecule has 4 nitrogen and oxygen atoms in total. The number of urea groups is 1. The zero-order valence-electron chi connectivity index (χ0n) is 7.37. The van der Waals surface area contributed by atoms with E-state index >= 15 is 0 Å². The van der Waals surface area contributed by atoms with Crippen LogP contribution in [0.4, 0.5) is 10.5 Å². The van der Waals surface area contributed by atoms with Crippen molar-refractivity contribution in [1.82, 2.24) is 5.32 Å². The summed E-state index contributed by atoms with van der Waals surface area (Å²) in [5, 5.41) is 13.9. The molecule has 0 unspecified atom stereocenters. The number of nitrogens with one attached hydrogen (secondary N) is 2. The first-order chi connectivity index (χ1) is 6.26. The zero-order valence-corrected chi connectivity index (χ0v) is 7.37. The van der Waals surface area contributed by atoms with E-state index in [1.54, 1.807) is 31.3 Å². The number of hydrogen-bond acceptors (Lipinski definition) is 2. The third-order valence-electron chi connectivity index (χ3n) is 1.59. The molecule has 0 aromatic heterocycles. The highest BCUT2D eigenvalue weighted by Crippen LogP contribution is 2.09. The molecule has 0 saturated carbocycles. The van der Waals surface area contributed by atoms with Crippen LogP contribution in [0, 0.1) is 0 Å². The predicted octanol–water partition coefficient (Wildman–Crippen LogP) is 0.930. The largest absolute Gasteiger partial charge is 0.392 e. The Kier molecular flexibility index (Phi) is 3.28. The van der Waals surface area contributed by atoms with Crippen molar-refractivity contribution in [2.24, 2.45) is 0 Å². The summed E-state index contributed by atoms with van der Waals surface area (Å²) in [6, 6.07) is 6.77. The number of rotatable bonds is 2. The van der Waals surface area contributed by atoms with Crippen LogP contribution in [0.2, 0.25) is 0 Å². The fourth-order valence-electron chi connectivity index (χ4n) is 0.941. The van der Waals surface area contributed by atoms with Crippen molar-refractivity contribution in [3.8, 4) is 0 Å². The molecular weight excluding hydrogens is 168 g/mol. The van der Waals surface area contributed by atoms with Gasteiger partial charge < -0.3 is 15.7 Å².